The molecule has 2 aromatic heterocycles. The number of hydrogen-bond donors (Lipinski definition) is 2. The molecule has 6 heteroatoms. The van der Waals surface area contributed by atoms with Crippen molar-refractivity contribution in [1.29, 1.82) is 0 Å². The van der Waals surface area contributed by atoms with Gasteiger partial charge in [-0.15, -0.1) is 0 Å². The van der Waals surface area contributed by atoms with Crippen LogP contribution in [0.1, 0.15) is 16.1 Å². The predicted molar refractivity (Wildman–Crippen MR) is 98.2 cm³/mol. The molecule has 0 unspecified atom stereocenters. The molecule has 1 amide bonds. The summed E-state index contributed by atoms with van der Waals surface area (Å²) in [6.45, 7) is 0.434. The highest BCUT2D eigenvalue weighted by atomic mass is 79.9. The van der Waals surface area contributed by atoms with Crippen LogP contribution in [0.2, 0.25) is 0 Å². The van der Waals surface area contributed by atoms with Gasteiger partial charge in [-0.2, -0.15) is 0 Å². The maximum Gasteiger partial charge on any atom is 0.287 e. The van der Waals surface area contributed by atoms with Crippen LogP contribution in [-0.4, -0.2) is 17.4 Å². The molecule has 4 nitrogen and oxygen atoms in total. The van der Waals surface area contributed by atoms with E-state index in [2.05, 4.69) is 26.2 Å². The van der Waals surface area contributed by atoms with Gasteiger partial charge in [0.25, 0.3) is 5.91 Å². The van der Waals surface area contributed by atoms with Gasteiger partial charge in [-0.25, -0.2) is 4.39 Å². The zero-order valence-electron chi connectivity index (χ0n) is 13.1. The minimum absolute atomic E-state index is 0.265. The summed E-state index contributed by atoms with van der Waals surface area (Å²) in [5, 5.41) is 4.54. The van der Waals surface area contributed by atoms with Gasteiger partial charge >= 0.3 is 0 Å². The van der Waals surface area contributed by atoms with Crippen molar-refractivity contribution < 1.29 is 13.6 Å². The lowest BCUT2D eigenvalue weighted by atomic mass is 10.1. The average molecular weight is 401 g/mol. The predicted octanol–water partition coefficient (Wildman–Crippen LogP) is 4.79. The maximum absolute atomic E-state index is 13.4. The van der Waals surface area contributed by atoms with Crippen molar-refractivity contribution in [3.8, 4) is 0 Å². The van der Waals surface area contributed by atoms with Gasteiger partial charge in [0, 0.05) is 33.5 Å². The van der Waals surface area contributed by atoms with Gasteiger partial charge in [-0.1, -0.05) is 15.9 Å². The van der Waals surface area contributed by atoms with Crippen LogP contribution in [-0.2, 0) is 6.42 Å². The number of aromatic amines is 1. The number of H-pyrrole nitrogens is 1. The normalized spacial score (nSPS) is 11.3. The molecule has 0 spiro atoms. The van der Waals surface area contributed by atoms with Crippen LogP contribution in [0.4, 0.5) is 4.39 Å². The lowest BCUT2D eigenvalue weighted by Gasteiger charge is -2.02. The second-order valence-electron chi connectivity index (χ2n) is 5.80. The number of benzene rings is 2. The summed E-state index contributed by atoms with van der Waals surface area (Å²) in [6, 6.07) is 11.9. The zero-order chi connectivity index (χ0) is 17.4. The van der Waals surface area contributed by atoms with Crippen LogP contribution in [0.15, 0.2) is 57.6 Å². The van der Waals surface area contributed by atoms with Crippen molar-refractivity contribution in [3.63, 3.8) is 0 Å². The molecule has 0 aliphatic heterocycles. The van der Waals surface area contributed by atoms with E-state index < -0.39 is 0 Å². The Kier molecular flexibility index (Phi) is 4.05. The van der Waals surface area contributed by atoms with Crippen molar-refractivity contribution in [2.75, 3.05) is 6.54 Å². The number of rotatable bonds is 4. The van der Waals surface area contributed by atoms with Crippen LogP contribution >= 0.6 is 15.9 Å². The molecule has 0 aliphatic rings. The van der Waals surface area contributed by atoms with Crippen molar-refractivity contribution in [1.82, 2.24) is 10.3 Å². The van der Waals surface area contributed by atoms with Gasteiger partial charge in [0.2, 0.25) is 0 Å². The highest BCUT2D eigenvalue weighted by Gasteiger charge is 2.12. The van der Waals surface area contributed by atoms with Gasteiger partial charge in [-0.05, 0) is 54.4 Å². The third-order valence-electron chi connectivity index (χ3n) is 4.11. The summed E-state index contributed by atoms with van der Waals surface area (Å²) in [6.07, 6.45) is 2.44. The topological polar surface area (TPSA) is 58.0 Å². The number of halogens is 2. The van der Waals surface area contributed by atoms with Crippen LogP contribution in [0.25, 0.3) is 21.9 Å². The summed E-state index contributed by atoms with van der Waals surface area (Å²) in [7, 11) is 0. The molecule has 0 saturated carbocycles. The lowest BCUT2D eigenvalue weighted by molar-refractivity contribution is 0.0928. The van der Waals surface area contributed by atoms with Crippen LogP contribution < -0.4 is 5.32 Å². The minimum Gasteiger partial charge on any atom is -0.451 e. The molecule has 4 rings (SSSR count). The third kappa shape index (κ3) is 3.17. The molecule has 2 heterocycles. The van der Waals surface area contributed by atoms with Crippen LogP contribution in [0.3, 0.4) is 0 Å². The molecule has 0 aliphatic carbocycles. The zero-order valence-corrected chi connectivity index (χ0v) is 14.7. The molecule has 4 aromatic rings. The molecular weight excluding hydrogens is 387 g/mol. The number of aromatic nitrogens is 1. The Morgan fingerprint density at radius 2 is 2.08 bits per heavy atom. The molecule has 0 bridgehead atoms. The van der Waals surface area contributed by atoms with Gasteiger partial charge in [0.15, 0.2) is 5.76 Å². The molecular formula is C19H14BrFN2O2. The van der Waals surface area contributed by atoms with E-state index in [0.29, 0.717) is 18.5 Å². The van der Waals surface area contributed by atoms with Gasteiger partial charge in [-0.3, -0.25) is 4.79 Å². The summed E-state index contributed by atoms with van der Waals surface area (Å²) in [4.78, 5) is 15.4. The van der Waals surface area contributed by atoms with E-state index in [1.165, 1.54) is 12.1 Å². The quantitative estimate of drug-likeness (QED) is 0.517. The first-order chi connectivity index (χ1) is 12.1. The second-order valence-corrected chi connectivity index (χ2v) is 6.72. The van der Waals surface area contributed by atoms with Gasteiger partial charge in [0.05, 0.1) is 0 Å². The maximum atomic E-state index is 13.4. The van der Waals surface area contributed by atoms with E-state index in [1.54, 1.807) is 12.1 Å². The number of nitrogens with one attached hydrogen (secondary N) is 2. The largest absolute Gasteiger partial charge is 0.451 e. The standard InChI is InChI=1S/C19H14BrFN2O2/c20-13-1-4-17-12(7-13)8-18(25-17)19(24)22-6-5-11-10-23-16-3-2-14(21)9-15(11)16/h1-4,7-10,23H,5-6H2,(H,22,24). The number of carbonyl (C=O) groups is 1. The Morgan fingerprint density at radius 3 is 2.96 bits per heavy atom. The second kappa shape index (κ2) is 6.37. The Morgan fingerprint density at radius 1 is 1.20 bits per heavy atom. The molecule has 0 fully saturated rings. The fraction of sp³-hybridized carbons (Fsp3) is 0.105. The van der Waals surface area contributed by atoms with Gasteiger partial charge < -0.3 is 14.7 Å². The van der Waals surface area contributed by atoms with E-state index >= 15 is 0 Å². The summed E-state index contributed by atoms with van der Waals surface area (Å²) in [5.41, 5.74) is 2.51. The van der Waals surface area contributed by atoms with Crippen molar-refractivity contribution in [2.45, 2.75) is 6.42 Å². The van der Waals surface area contributed by atoms with E-state index in [0.717, 1.165) is 26.3 Å². The molecule has 0 saturated heterocycles. The summed E-state index contributed by atoms with van der Waals surface area (Å²) < 4.78 is 19.9. The molecule has 0 atom stereocenters. The van der Waals surface area contributed by atoms with Crippen molar-refractivity contribution in [2.24, 2.45) is 0 Å². The Labute approximate surface area is 151 Å². The number of furan rings is 1. The van der Waals surface area contributed by atoms with E-state index in [-0.39, 0.29) is 17.5 Å². The first kappa shape index (κ1) is 15.9. The summed E-state index contributed by atoms with van der Waals surface area (Å²) >= 11 is 3.40. The molecule has 2 aromatic carbocycles. The molecule has 0 radical (unpaired) electrons. The number of amides is 1. The molecule has 126 valence electrons. The Balaban J connectivity index is 1.45. The van der Waals surface area contributed by atoms with E-state index in [1.807, 2.05) is 24.4 Å². The van der Waals surface area contributed by atoms with Gasteiger partial charge in [0.1, 0.15) is 11.4 Å². The van der Waals surface area contributed by atoms with Crippen molar-refractivity contribution in [3.05, 3.63) is 70.3 Å². The lowest BCUT2D eigenvalue weighted by Crippen LogP contribution is -2.25. The summed E-state index contributed by atoms with van der Waals surface area (Å²) in [5.74, 6) is -0.262. The first-order valence-electron chi connectivity index (χ1n) is 7.83. The Hall–Kier alpha value is -2.60. The smallest absolute Gasteiger partial charge is 0.287 e. The Bertz CT molecular complexity index is 1080. The van der Waals surface area contributed by atoms with E-state index in [9.17, 15) is 9.18 Å². The fourth-order valence-corrected chi connectivity index (χ4v) is 3.26. The molecule has 2 N–H and O–H groups in total. The highest BCUT2D eigenvalue weighted by Crippen LogP contribution is 2.23. The number of carbonyl (C=O) groups excluding carboxylic acids is 1. The van der Waals surface area contributed by atoms with Crippen molar-refractivity contribution >= 4 is 43.7 Å². The average Bonchev–Trinajstić information content (AvgIpc) is 3.18. The third-order valence-corrected chi connectivity index (χ3v) is 4.60. The monoisotopic (exact) mass is 400 g/mol. The van der Waals surface area contributed by atoms with Crippen LogP contribution in [0.5, 0.6) is 0 Å². The number of hydrogen-bond acceptors (Lipinski definition) is 2. The van der Waals surface area contributed by atoms with E-state index in [4.69, 9.17) is 4.42 Å². The highest BCUT2D eigenvalue weighted by molar-refractivity contribution is 9.10. The minimum atomic E-state index is -0.272. The fourth-order valence-electron chi connectivity index (χ4n) is 2.88. The first-order valence-corrected chi connectivity index (χ1v) is 8.62. The SMILES string of the molecule is O=C(NCCc1c[nH]c2ccc(F)cc12)c1cc2cc(Br)ccc2o1. The van der Waals surface area contributed by atoms with Crippen LogP contribution in [0, 0.1) is 5.82 Å². The number of fused-ring (bicyclic) bond motifs is 2. The molecule has 25 heavy (non-hydrogen) atoms.